The molecule has 0 bridgehead atoms. The van der Waals surface area contributed by atoms with Crippen LogP contribution in [0.1, 0.15) is 28.7 Å². The Kier molecular flexibility index (Phi) is 6.20. The lowest BCUT2D eigenvalue weighted by molar-refractivity contribution is -0.116. The summed E-state index contributed by atoms with van der Waals surface area (Å²) in [5.41, 5.74) is 5.24. The lowest BCUT2D eigenvalue weighted by Crippen LogP contribution is -2.22. The van der Waals surface area contributed by atoms with Gasteiger partial charge in [-0.05, 0) is 43.5 Å². The molecule has 2 N–H and O–H groups in total. The van der Waals surface area contributed by atoms with Crippen molar-refractivity contribution in [1.29, 1.82) is 0 Å². The van der Waals surface area contributed by atoms with Crippen LogP contribution in [-0.4, -0.2) is 12.5 Å². The van der Waals surface area contributed by atoms with E-state index in [1.54, 1.807) is 0 Å². The fourth-order valence-electron chi connectivity index (χ4n) is 2.42. The number of anilines is 1. The molecule has 122 valence electrons. The Morgan fingerprint density at radius 3 is 2.39 bits per heavy atom. The molecule has 0 spiro atoms. The molecular weight excluding hydrogens is 308 g/mol. The SMILES string of the molecule is Cc1ccc(CNCCC(=O)Nc2c(C)cc(C)cc2Cl)cc1. The van der Waals surface area contributed by atoms with E-state index in [0.29, 0.717) is 23.7 Å². The predicted octanol–water partition coefficient (Wildman–Crippen LogP) is 4.38. The van der Waals surface area contributed by atoms with Gasteiger partial charge in [-0.15, -0.1) is 0 Å². The number of hydrogen-bond donors (Lipinski definition) is 2. The first kappa shape index (κ1) is 17.5. The van der Waals surface area contributed by atoms with E-state index in [0.717, 1.165) is 17.7 Å². The van der Waals surface area contributed by atoms with Gasteiger partial charge in [-0.2, -0.15) is 0 Å². The zero-order chi connectivity index (χ0) is 16.8. The van der Waals surface area contributed by atoms with Gasteiger partial charge in [0.15, 0.2) is 0 Å². The summed E-state index contributed by atoms with van der Waals surface area (Å²) in [6.07, 6.45) is 0.412. The molecule has 0 aliphatic heterocycles. The molecule has 0 aliphatic carbocycles. The molecule has 0 atom stereocenters. The van der Waals surface area contributed by atoms with Crippen LogP contribution < -0.4 is 10.6 Å². The standard InChI is InChI=1S/C19H23ClN2O/c1-13-4-6-16(7-5-13)12-21-9-8-18(23)22-19-15(3)10-14(2)11-17(19)20/h4-7,10-11,21H,8-9,12H2,1-3H3,(H,22,23). The fourth-order valence-corrected chi connectivity index (χ4v) is 2.78. The molecule has 2 rings (SSSR count). The summed E-state index contributed by atoms with van der Waals surface area (Å²) >= 11 is 6.20. The van der Waals surface area contributed by atoms with Crippen LogP contribution in [0.3, 0.4) is 0 Å². The second-order valence-electron chi connectivity index (χ2n) is 5.90. The van der Waals surface area contributed by atoms with Gasteiger partial charge in [0.2, 0.25) is 5.91 Å². The lowest BCUT2D eigenvalue weighted by atomic mass is 10.1. The molecule has 0 aliphatic rings. The molecule has 23 heavy (non-hydrogen) atoms. The van der Waals surface area contributed by atoms with Gasteiger partial charge in [0, 0.05) is 19.5 Å². The maximum atomic E-state index is 12.0. The Morgan fingerprint density at radius 2 is 1.74 bits per heavy atom. The van der Waals surface area contributed by atoms with Crippen LogP contribution in [0.25, 0.3) is 0 Å². The number of halogens is 1. The second kappa shape index (κ2) is 8.14. The molecule has 0 radical (unpaired) electrons. The van der Waals surface area contributed by atoms with Gasteiger partial charge in [-0.25, -0.2) is 0 Å². The summed E-state index contributed by atoms with van der Waals surface area (Å²) in [7, 11) is 0. The van der Waals surface area contributed by atoms with Crippen molar-refractivity contribution >= 4 is 23.2 Å². The summed E-state index contributed by atoms with van der Waals surface area (Å²) in [6.45, 7) is 7.39. The molecule has 0 aromatic heterocycles. The van der Waals surface area contributed by atoms with E-state index in [-0.39, 0.29) is 5.91 Å². The van der Waals surface area contributed by atoms with E-state index in [1.165, 1.54) is 11.1 Å². The summed E-state index contributed by atoms with van der Waals surface area (Å²) in [5.74, 6) is -0.0322. The number of hydrogen-bond acceptors (Lipinski definition) is 2. The molecule has 4 heteroatoms. The number of rotatable bonds is 6. The molecule has 1 amide bonds. The van der Waals surface area contributed by atoms with E-state index in [9.17, 15) is 4.79 Å². The minimum atomic E-state index is -0.0322. The maximum absolute atomic E-state index is 12.0. The molecule has 3 nitrogen and oxygen atoms in total. The average molecular weight is 331 g/mol. The minimum Gasteiger partial charge on any atom is -0.325 e. The molecule has 0 saturated heterocycles. The Hall–Kier alpha value is -1.84. The number of carbonyl (C=O) groups excluding carboxylic acids is 1. The third-order valence-electron chi connectivity index (χ3n) is 3.67. The topological polar surface area (TPSA) is 41.1 Å². The summed E-state index contributed by atoms with van der Waals surface area (Å²) in [4.78, 5) is 12.0. The highest BCUT2D eigenvalue weighted by Crippen LogP contribution is 2.27. The Balaban J connectivity index is 1.78. The van der Waals surface area contributed by atoms with Crippen LogP contribution in [0.15, 0.2) is 36.4 Å². The number of nitrogens with one attached hydrogen (secondary N) is 2. The average Bonchev–Trinajstić information content (AvgIpc) is 2.49. The molecule has 0 heterocycles. The van der Waals surface area contributed by atoms with Crippen LogP contribution in [-0.2, 0) is 11.3 Å². The van der Waals surface area contributed by atoms with Crippen molar-refractivity contribution < 1.29 is 4.79 Å². The van der Waals surface area contributed by atoms with E-state index in [2.05, 4.69) is 41.8 Å². The van der Waals surface area contributed by atoms with Crippen LogP contribution >= 0.6 is 11.6 Å². The third kappa shape index (κ3) is 5.38. The minimum absolute atomic E-state index is 0.0322. The van der Waals surface area contributed by atoms with Crippen LogP contribution in [0.5, 0.6) is 0 Å². The van der Waals surface area contributed by atoms with Gasteiger partial charge in [-0.1, -0.05) is 47.5 Å². The van der Waals surface area contributed by atoms with Gasteiger partial charge >= 0.3 is 0 Å². The van der Waals surface area contributed by atoms with E-state index in [4.69, 9.17) is 11.6 Å². The van der Waals surface area contributed by atoms with E-state index in [1.807, 2.05) is 26.0 Å². The van der Waals surface area contributed by atoms with Crippen molar-refractivity contribution in [3.8, 4) is 0 Å². The monoisotopic (exact) mass is 330 g/mol. The number of carbonyl (C=O) groups is 1. The van der Waals surface area contributed by atoms with Crippen LogP contribution in [0, 0.1) is 20.8 Å². The van der Waals surface area contributed by atoms with Gasteiger partial charge in [0.05, 0.1) is 10.7 Å². The summed E-state index contributed by atoms with van der Waals surface area (Å²) in [6, 6.07) is 12.2. The van der Waals surface area contributed by atoms with Crippen molar-refractivity contribution in [2.24, 2.45) is 0 Å². The van der Waals surface area contributed by atoms with Gasteiger partial charge in [0.25, 0.3) is 0 Å². The predicted molar refractivity (Wildman–Crippen MR) is 97.1 cm³/mol. The number of aryl methyl sites for hydroxylation is 3. The van der Waals surface area contributed by atoms with Gasteiger partial charge in [-0.3, -0.25) is 4.79 Å². The quantitative estimate of drug-likeness (QED) is 0.771. The Bertz CT molecular complexity index is 657. The normalized spacial score (nSPS) is 10.6. The first-order valence-corrected chi connectivity index (χ1v) is 8.16. The number of benzene rings is 2. The number of amides is 1. The highest BCUT2D eigenvalue weighted by atomic mass is 35.5. The maximum Gasteiger partial charge on any atom is 0.225 e. The van der Waals surface area contributed by atoms with Crippen molar-refractivity contribution in [3.63, 3.8) is 0 Å². The summed E-state index contributed by atoms with van der Waals surface area (Å²) in [5, 5.41) is 6.77. The van der Waals surface area contributed by atoms with Crippen LogP contribution in [0.2, 0.25) is 5.02 Å². The molecular formula is C19H23ClN2O. The molecule has 2 aromatic carbocycles. The molecule has 0 unspecified atom stereocenters. The molecule has 0 fully saturated rings. The van der Waals surface area contributed by atoms with Crippen LogP contribution in [0.4, 0.5) is 5.69 Å². The zero-order valence-corrected chi connectivity index (χ0v) is 14.6. The fraction of sp³-hybridized carbons (Fsp3) is 0.316. The summed E-state index contributed by atoms with van der Waals surface area (Å²) < 4.78 is 0. The third-order valence-corrected chi connectivity index (χ3v) is 3.97. The van der Waals surface area contributed by atoms with Crippen molar-refractivity contribution in [1.82, 2.24) is 5.32 Å². The second-order valence-corrected chi connectivity index (χ2v) is 6.31. The Morgan fingerprint density at radius 1 is 1.04 bits per heavy atom. The van der Waals surface area contributed by atoms with Crippen molar-refractivity contribution in [3.05, 3.63) is 63.7 Å². The molecule has 0 saturated carbocycles. The van der Waals surface area contributed by atoms with Crippen molar-refractivity contribution in [2.45, 2.75) is 33.7 Å². The smallest absolute Gasteiger partial charge is 0.225 e. The highest BCUT2D eigenvalue weighted by molar-refractivity contribution is 6.34. The van der Waals surface area contributed by atoms with Crippen molar-refractivity contribution in [2.75, 3.05) is 11.9 Å². The largest absolute Gasteiger partial charge is 0.325 e. The van der Waals surface area contributed by atoms with Gasteiger partial charge in [0.1, 0.15) is 0 Å². The first-order chi connectivity index (χ1) is 11.0. The first-order valence-electron chi connectivity index (χ1n) is 7.78. The zero-order valence-electron chi connectivity index (χ0n) is 13.9. The van der Waals surface area contributed by atoms with Gasteiger partial charge < -0.3 is 10.6 Å². The lowest BCUT2D eigenvalue weighted by Gasteiger charge is -2.12. The highest BCUT2D eigenvalue weighted by Gasteiger charge is 2.09. The van der Waals surface area contributed by atoms with E-state index >= 15 is 0 Å². The molecule has 2 aromatic rings. The Labute approximate surface area is 143 Å². The van der Waals surface area contributed by atoms with E-state index < -0.39 is 0 Å².